The van der Waals surface area contributed by atoms with Crippen LogP contribution in [-0.2, 0) is 19.1 Å². The largest absolute Gasteiger partial charge is 0.465 e. The van der Waals surface area contributed by atoms with Gasteiger partial charge in [0.05, 0.1) is 19.8 Å². The van der Waals surface area contributed by atoms with Crippen LogP contribution in [0, 0.1) is 5.41 Å². The van der Waals surface area contributed by atoms with Crippen LogP contribution in [-0.4, -0.2) is 56.1 Å². The number of hydrogen-bond acceptors (Lipinski definition) is 5. The highest BCUT2D eigenvalue weighted by molar-refractivity contribution is 6.04. The van der Waals surface area contributed by atoms with Gasteiger partial charge in [0.15, 0.2) is 0 Å². The van der Waals surface area contributed by atoms with Crippen LogP contribution in [0.25, 0.3) is 0 Å². The predicted octanol–water partition coefficient (Wildman–Crippen LogP) is 1.40. The summed E-state index contributed by atoms with van der Waals surface area (Å²) in [6.07, 6.45) is 3.59. The van der Waals surface area contributed by atoms with Crippen LogP contribution in [0.2, 0.25) is 0 Å². The summed E-state index contributed by atoms with van der Waals surface area (Å²) in [4.78, 5) is 26.9. The second-order valence-corrected chi connectivity index (χ2v) is 5.64. The summed E-state index contributed by atoms with van der Waals surface area (Å²) in [7, 11) is 0. The van der Waals surface area contributed by atoms with Crippen LogP contribution in [0.15, 0.2) is 0 Å². The number of carbonyl (C=O) groups excluding carboxylic acids is 2. The molecule has 0 amide bonds. The van der Waals surface area contributed by atoms with E-state index in [0.717, 1.165) is 45.7 Å². The van der Waals surface area contributed by atoms with Crippen molar-refractivity contribution < 1.29 is 19.1 Å². The minimum atomic E-state index is -0.882. The lowest BCUT2D eigenvalue weighted by Gasteiger charge is -2.36. The highest BCUT2D eigenvalue weighted by Crippen LogP contribution is 2.38. The zero-order chi connectivity index (χ0) is 14.4. The van der Waals surface area contributed by atoms with Gasteiger partial charge in [0, 0.05) is 19.5 Å². The van der Waals surface area contributed by atoms with Crippen molar-refractivity contribution in [2.24, 2.45) is 5.41 Å². The van der Waals surface area contributed by atoms with Crippen LogP contribution in [0.3, 0.4) is 0 Å². The molecule has 1 aliphatic heterocycles. The molecule has 0 spiro atoms. The minimum Gasteiger partial charge on any atom is -0.465 e. The van der Waals surface area contributed by atoms with Crippen LogP contribution in [0.5, 0.6) is 0 Å². The van der Waals surface area contributed by atoms with Crippen molar-refractivity contribution >= 4 is 11.8 Å². The summed E-state index contributed by atoms with van der Waals surface area (Å²) in [5.41, 5.74) is -0.882. The van der Waals surface area contributed by atoms with Crippen molar-refractivity contribution in [3.8, 4) is 0 Å². The quantitative estimate of drug-likeness (QED) is 0.564. The lowest BCUT2D eigenvalue weighted by Crippen LogP contribution is -2.46. The average molecular weight is 283 g/mol. The molecule has 0 radical (unpaired) electrons. The fourth-order valence-electron chi connectivity index (χ4n) is 3.12. The zero-order valence-corrected chi connectivity index (χ0v) is 12.4. The molecule has 0 aromatic carbocycles. The Morgan fingerprint density at radius 2 is 2.10 bits per heavy atom. The van der Waals surface area contributed by atoms with Gasteiger partial charge in [0.1, 0.15) is 11.2 Å². The fourth-order valence-corrected chi connectivity index (χ4v) is 3.12. The molecule has 1 atom stereocenters. The van der Waals surface area contributed by atoms with Gasteiger partial charge in [0.2, 0.25) is 0 Å². The Kier molecular flexibility index (Phi) is 5.54. The molecule has 5 heteroatoms. The molecule has 2 fully saturated rings. The molecule has 2 aliphatic rings. The molecule has 5 nitrogen and oxygen atoms in total. The first-order valence-electron chi connectivity index (χ1n) is 7.69. The number of morpholine rings is 1. The Hall–Kier alpha value is -0.940. The Morgan fingerprint density at radius 3 is 2.75 bits per heavy atom. The normalized spacial score (nSPS) is 28.4. The maximum Gasteiger partial charge on any atom is 0.319 e. The van der Waals surface area contributed by atoms with Crippen LogP contribution >= 0.6 is 0 Å². The first-order chi connectivity index (χ1) is 9.69. The van der Waals surface area contributed by atoms with Crippen molar-refractivity contribution in [1.82, 2.24) is 4.90 Å². The highest BCUT2D eigenvalue weighted by Gasteiger charge is 2.47. The lowest BCUT2D eigenvalue weighted by molar-refractivity contribution is -0.163. The third-order valence-corrected chi connectivity index (χ3v) is 4.42. The van der Waals surface area contributed by atoms with E-state index in [1.807, 2.05) is 0 Å². The van der Waals surface area contributed by atoms with Crippen molar-refractivity contribution in [2.75, 3.05) is 39.5 Å². The molecule has 1 saturated heterocycles. The maximum absolute atomic E-state index is 12.4. The molecule has 20 heavy (non-hydrogen) atoms. The second-order valence-electron chi connectivity index (χ2n) is 5.64. The van der Waals surface area contributed by atoms with Crippen LogP contribution < -0.4 is 0 Å². The molecule has 0 aromatic heterocycles. The minimum absolute atomic E-state index is 0.0791. The molecular weight excluding hydrogens is 258 g/mol. The van der Waals surface area contributed by atoms with Crippen LogP contribution in [0.4, 0.5) is 0 Å². The Balaban J connectivity index is 2.01. The van der Waals surface area contributed by atoms with E-state index in [4.69, 9.17) is 9.47 Å². The number of ketones is 1. The smallest absolute Gasteiger partial charge is 0.319 e. The van der Waals surface area contributed by atoms with Gasteiger partial charge in [0.25, 0.3) is 0 Å². The van der Waals surface area contributed by atoms with Gasteiger partial charge in [-0.1, -0.05) is 6.42 Å². The van der Waals surface area contributed by atoms with E-state index in [9.17, 15) is 9.59 Å². The van der Waals surface area contributed by atoms with E-state index in [-0.39, 0.29) is 11.8 Å². The second kappa shape index (κ2) is 7.18. The third-order valence-electron chi connectivity index (χ3n) is 4.42. The van der Waals surface area contributed by atoms with Gasteiger partial charge in [-0.15, -0.1) is 0 Å². The Morgan fingerprint density at radius 1 is 1.35 bits per heavy atom. The third kappa shape index (κ3) is 3.38. The van der Waals surface area contributed by atoms with Crippen molar-refractivity contribution in [1.29, 1.82) is 0 Å². The first-order valence-corrected chi connectivity index (χ1v) is 7.69. The highest BCUT2D eigenvalue weighted by atomic mass is 16.5. The summed E-state index contributed by atoms with van der Waals surface area (Å²) in [5.74, 6) is -0.228. The first kappa shape index (κ1) is 15.4. The van der Waals surface area contributed by atoms with Gasteiger partial charge in [-0.25, -0.2) is 0 Å². The standard InChI is InChI=1S/C15H25NO4/c1-2-20-14(18)15(6-4-3-5-13(15)17)7-8-16-9-11-19-12-10-16/h2-12H2,1H3. The van der Waals surface area contributed by atoms with E-state index < -0.39 is 5.41 Å². The van der Waals surface area contributed by atoms with E-state index >= 15 is 0 Å². The van der Waals surface area contributed by atoms with Gasteiger partial charge in [-0.2, -0.15) is 0 Å². The van der Waals surface area contributed by atoms with E-state index in [1.54, 1.807) is 6.92 Å². The summed E-state index contributed by atoms with van der Waals surface area (Å²) >= 11 is 0. The number of hydrogen-bond donors (Lipinski definition) is 0. The van der Waals surface area contributed by atoms with Gasteiger partial charge in [-0.3, -0.25) is 14.5 Å². The number of ether oxygens (including phenoxy) is 2. The lowest BCUT2D eigenvalue weighted by atomic mass is 9.70. The van der Waals surface area contributed by atoms with Gasteiger partial charge < -0.3 is 9.47 Å². The molecule has 0 aromatic rings. The molecule has 1 unspecified atom stereocenters. The van der Waals surface area contributed by atoms with E-state index in [2.05, 4.69) is 4.90 Å². The zero-order valence-electron chi connectivity index (χ0n) is 12.4. The fraction of sp³-hybridized carbons (Fsp3) is 0.867. The number of rotatable bonds is 5. The topological polar surface area (TPSA) is 55.8 Å². The number of carbonyl (C=O) groups is 2. The van der Waals surface area contributed by atoms with Crippen molar-refractivity contribution in [3.05, 3.63) is 0 Å². The Bertz CT molecular complexity index is 352. The number of esters is 1. The SMILES string of the molecule is CCOC(=O)C1(CCN2CCOCC2)CCCCC1=O. The molecule has 1 saturated carbocycles. The molecule has 2 rings (SSSR count). The van der Waals surface area contributed by atoms with E-state index in [0.29, 0.717) is 25.9 Å². The van der Waals surface area contributed by atoms with Crippen LogP contribution in [0.1, 0.15) is 39.0 Å². The summed E-state index contributed by atoms with van der Waals surface area (Å²) < 4.78 is 10.5. The molecule has 0 N–H and O–H groups in total. The molecular formula is C15H25NO4. The average Bonchev–Trinajstić information content (AvgIpc) is 2.48. The van der Waals surface area contributed by atoms with Gasteiger partial charge in [-0.05, 0) is 32.7 Å². The van der Waals surface area contributed by atoms with Gasteiger partial charge >= 0.3 is 5.97 Å². The van der Waals surface area contributed by atoms with Crippen molar-refractivity contribution in [2.45, 2.75) is 39.0 Å². The molecule has 114 valence electrons. The summed E-state index contributed by atoms with van der Waals surface area (Å²) in [5, 5.41) is 0. The number of nitrogens with zero attached hydrogens (tertiary/aromatic N) is 1. The number of Topliss-reactive ketones (excluding diaryl/α,β-unsaturated/α-hetero) is 1. The summed E-state index contributed by atoms with van der Waals surface area (Å²) in [6, 6.07) is 0. The summed E-state index contributed by atoms with van der Waals surface area (Å²) in [6.45, 7) is 6.14. The Labute approximate surface area is 120 Å². The maximum atomic E-state index is 12.4. The molecule has 1 heterocycles. The van der Waals surface area contributed by atoms with Crippen molar-refractivity contribution in [3.63, 3.8) is 0 Å². The van der Waals surface area contributed by atoms with E-state index in [1.165, 1.54) is 0 Å². The molecule has 0 bridgehead atoms. The predicted molar refractivity (Wildman–Crippen MR) is 74.4 cm³/mol. The molecule has 1 aliphatic carbocycles. The monoisotopic (exact) mass is 283 g/mol.